The Bertz CT molecular complexity index is 1420. The molecule has 0 radical (unpaired) electrons. The van der Waals surface area contributed by atoms with Gasteiger partial charge in [-0.2, -0.15) is 5.10 Å². The molecule has 0 saturated heterocycles. The second-order valence-electron chi connectivity index (χ2n) is 8.25. The molecule has 0 aliphatic carbocycles. The number of carbonyl (C=O) groups excluding carboxylic acids is 1. The van der Waals surface area contributed by atoms with Crippen LogP contribution in [0.15, 0.2) is 84.9 Å². The summed E-state index contributed by atoms with van der Waals surface area (Å²) >= 11 is 0. The number of pyridine rings is 1. The molecule has 162 valence electrons. The number of nitrogens with one attached hydrogen (secondary N) is 2. The van der Waals surface area contributed by atoms with Gasteiger partial charge in [-0.25, -0.2) is 4.98 Å². The minimum Gasteiger partial charge on any atom is -0.348 e. The van der Waals surface area contributed by atoms with E-state index in [4.69, 9.17) is 4.98 Å². The van der Waals surface area contributed by atoms with Gasteiger partial charge in [0.25, 0.3) is 5.91 Å². The summed E-state index contributed by atoms with van der Waals surface area (Å²) in [5.41, 5.74) is 7.87. The standard InChI is InChI=1S/C28H24N4O/c1-18-8-12-21(13-9-18)24-16-23(28(33)29-17-20-6-4-3-5-7-20)25-26(31-32-27(25)30-24)22-14-10-19(2)11-15-22/h3-16H,17H2,1-2H3,(H,29,33)(H,30,31,32). The topological polar surface area (TPSA) is 70.7 Å². The molecule has 0 aliphatic heterocycles. The Labute approximate surface area is 192 Å². The summed E-state index contributed by atoms with van der Waals surface area (Å²) in [7, 11) is 0. The number of rotatable bonds is 5. The molecule has 0 aliphatic rings. The molecule has 0 spiro atoms. The van der Waals surface area contributed by atoms with E-state index in [9.17, 15) is 4.79 Å². The van der Waals surface area contributed by atoms with Gasteiger partial charge in [-0.05, 0) is 25.5 Å². The van der Waals surface area contributed by atoms with Gasteiger partial charge in [-0.1, -0.05) is 90.0 Å². The molecule has 0 fully saturated rings. The van der Waals surface area contributed by atoms with Crippen LogP contribution in [0.5, 0.6) is 0 Å². The van der Waals surface area contributed by atoms with Crippen LogP contribution in [-0.4, -0.2) is 21.1 Å². The van der Waals surface area contributed by atoms with Gasteiger partial charge in [-0.15, -0.1) is 0 Å². The fourth-order valence-corrected chi connectivity index (χ4v) is 3.88. The highest BCUT2D eigenvalue weighted by molar-refractivity contribution is 6.10. The fourth-order valence-electron chi connectivity index (χ4n) is 3.88. The number of aryl methyl sites for hydroxylation is 2. The van der Waals surface area contributed by atoms with Crippen LogP contribution in [0.1, 0.15) is 27.0 Å². The highest BCUT2D eigenvalue weighted by Crippen LogP contribution is 2.31. The zero-order chi connectivity index (χ0) is 22.8. The SMILES string of the molecule is Cc1ccc(-c2cc(C(=O)NCc3ccccc3)c3c(-c4ccc(C)cc4)[nH]nc3n2)cc1. The summed E-state index contributed by atoms with van der Waals surface area (Å²) in [6.45, 7) is 4.54. The Kier molecular flexibility index (Phi) is 5.45. The van der Waals surface area contributed by atoms with Crippen molar-refractivity contribution < 1.29 is 4.79 Å². The first kappa shape index (κ1) is 20.6. The van der Waals surface area contributed by atoms with Crippen molar-refractivity contribution >= 4 is 16.9 Å². The number of hydrogen-bond acceptors (Lipinski definition) is 3. The van der Waals surface area contributed by atoms with Gasteiger partial charge in [0.05, 0.1) is 22.3 Å². The van der Waals surface area contributed by atoms with Crippen molar-refractivity contribution in [3.63, 3.8) is 0 Å². The van der Waals surface area contributed by atoms with Crippen LogP contribution >= 0.6 is 0 Å². The maximum Gasteiger partial charge on any atom is 0.252 e. The Morgan fingerprint density at radius 3 is 2.15 bits per heavy atom. The van der Waals surface area contributed by atoms with E-state index in [0.717, 1.165) is 27.8 Å². The van der Waals surface area contributed by atoms with E-state index >= 15 is 0 Å². The summed E-state index contributed by atoms with van der Waals surface area (Å²) in [6, 6.07) is 28.0. The number of hydrogen-bond donors (Lipinski definition) is 2. The molecule has 0 saturated carbocycles. The van der Waals surface area contributed by atoms with Crippen molar-refractivity contribution in [3.05, 3.63) is 107 Å². The average Bonchev–Trinajstić information content (AvgIpc) is 3.27. The molecule has 5 rings (SSSR count). The minimum absolute atomic E-state index is 0.158. The Morgan fingerprint density at radius 1 is 0.848 bits per heavy atom. The molecule has 0 unspecified atom stereocenters. The lowest BCUT2D eigenvalue weighted by Gasteiger charge is -2.10. The van der Waals surface area contributed by atoms with Gasteiger partial charge in [0.2, 0.25) is 0 Å². The maximum absolute atomic E-state index is 13.4. The van der Waals surface area contributed by atoms with Crippen LogP contribution in [0.4, 0.5) is 0 Å². The van der Waals surface area contributed by atoms with E-state index in [-0.39, 0.29) is 5.91 Å². The first-order valence-corrected chi connectivity index (χ1v) is 10.9. The lowest BCUT2D eigenvalue weighted by molar-refractivity contribution is 0.0952. The predicted molar refractivity (Wildman–Crippen MR) is 132 cm³/mol. The number of aromatic nitrogens is 3. The summed E-state index contributed by atoms with van der Waals surface area (Å²) in [6.07, 6.45) is 0. The summed E-state index contributed by atoms with van der Waals surface area (Å²) < 4.78 is 0. The van der Waals surface area contributed by atoms with Gasteiger partial charge in [0.1, 0.15) is 0 Å². The van der Waals surface area contributed by atoms with Crippen LogP contribution in [0.2, 0.25) is 0 Å². The molecule has 5 nitrogen and oxygen atoms in total. The molecule has 5 aromatic rings. The second kappa shape index (κ2) is 8.71. The molecule has 2 N–H and O–H groups in total. The molecule has 3 aromatic carbocycles. The Morgan fingerprint density at radius 2 is 1.48 bits per heavy atom. The summed E-state index contributed by atoms with van der Waals surface area (Å²) in [5, 5.41) is 11.4. The van der Waals surface area contributed by atoms with E-state index in [1.807, 2.05) is 98.8 Å². The highest BCUT2D eigenvalue weighted by Gasteiger charge is 2.20. The van der Waals surface area contributed by atoms with Crippen molar-refractivity contribution in [1.29, 1.82) is 0 Å². The Hall–Kier alpha value is -4.25. The van der Waals surface area contributed by atoms with E-state index in [1.165, 1.54) is 11.1 Å². The molecule has 0 bridgehead atoms. The van der Waals surface area contributed by atoms with Crippen molar-refractivity contribution in [2.24, 2.45) is 0 Å². The van der Waals surface area contributed by atoms with Crippen LogP contribution in [0, 0.1) is 13.8 Å². The largest absolute Gasteiger partial charge is 0.348 e. The van der Waals surface area contributed by atoms with Crippen molar-refractivity contribution in [3.8, 4) is 22.5 Å². The van der Waals surface area contributed by atoms with Gasteiger partial charge < -0.3 is 5.32 Å². The van der Waals surface area contributed by atoms with Crippen LogP contribution in [0.3, 0.4) is 0 Å². The molecule has 0 atom stereocenters. The van der Waals surface area contributed by atoms with Crippen LogP contribution in [-0.2, 0) is 6.54 Å². The molecule has 5 heteroatoms. The van der Waals surface area contributed by atoms with Crippen molar-refractivity contribution in [1.82, 2.24) is 20.5 Å². The van der Waals surface area contributed by atoms with Crippen molar-refractivity contribution in [2.45, 2.75) is 20.4 Å². The van der Waals surface area contributed by atoms with Gasteiger partial charge in [-0.3, -0.25) is 9.89 Å². The monoisotopic (exact) mass is 432 g/mol. The molecular formula is C28H24N4O. The smallest absolute Gasteiger partial charge is 0.252 e. The number of fused-ring (bicyclic) bond motifs is 1. The van der Waals surface area contributed by atoms with Crippen LogP contribution in [0.25, 0.3) is 33.5 Å². The number of aromatic amines is 1. The molecule has 2 heterocycles. The van der Waals surface area contributed by atoms with E-state index in [2.05, 4.69) is 15.5 Å². The quantitative estimate of drug-likeness (QED) is 0.367. The number of amides is 1. The van der Waals surface area contributed by atoms with Gasteiger partial charge >= 0.3 is 0 Å². The first-order valence-electron chi connectivity index (χ1n) is 10.9. The minimum atomic E-state index is -0.158. The predicted octanol–water partition coefficient (Wildman–Crippen LogP) is 5.84. The maximum atomic E-state index is 13.4. The van der Waals surface area contributed by atoms with Crippen molar-refractivity contribution in [2.75, 3.05) is 0 Å². The molecule has 1 amide bonds. The average molecular weight is 433 g/mol. The van der Waals surface area contributed by atoms with Crippen LogP contribution < -0.4 is 5.32 Å². The van der Waals surface area contributed by atoms with E-state index in [1.54, 1.807) is 0 Å². The zero-order valence-electron chi connectivity index (χ0n) is 18.6. The molecule has 2 aromatic heterocycles. The third-order valence-corrected chi connectivity index (χ3v) is 5.75. The van der Waals surface area contributed by atoms with E-state index in [0.29, 0.717) is 23.4 Å². The summed E-state index contributed by atoms with van der Waals surface area (Å²) in [5.74, 6) is -0.158. The molecular weight excluding hydrogens is 408 g/mol. The number of carbonyl (C=O) groups is 1. The van der Waals surface area contributed by atoms with Gasteiger partial charge in [0.15, 0.2) is 5.65 Å². The third kappa shape index (κ3) is 4.26. The number of nitrogens with zero attached hydrogens (tertiary/aromatic N) is 2. The zero-order valence-corrected chi connectivity index (χ0v) is 18.6. The number of H-pyrrole nitrogens is 1. The second-order valence-corrected chi connectivity index (χ2v) is 8.25. The van der Waals surface area contributed by atoms with Gasteiger partial charge in [0, 0.05) is 17.7 Å². The third-order valence-electron chi connectivity index (χ3n) is 5.75. The first-order chi connectivity index (χ1) is 16.1. The lowest BCUT2D eigenvalue weighted by Crippen LogP contribution is -2.23. The molecule has 33 heavy (non-hydrogen) atoms. The fraction of sp³-hybridized carbons (Fsp3) is 0.107. The summed E-state index contributed by atoms with van der Waals surface area (Å²) in [4.78, 5) is 18.2. The normalized spacial score (nSPS) is 11.0. The highest BCUT2D eigenvalue weighted by atomic mass is 16.1. The number of benzene rings is 3. The van der Waals surface area contributed by atoms with E-state index < -0.39 is 0 Å². The lowest BCUT2D eigenvalue weighted by atomic mass is 10.0. The Balaban J connectivity index is 1.62.